The molecule has 0 amide bonds. The summed E-state index contributed by atoms with van der Waals surface area (Å²) >= 11 is 0. The van der Waals surface area contributed by atoms with Crippen LogP contribution in [0.2, 0.25) is 0 Å². The van der Waals surface area contributed by atoms with Gasteiger partial charge in [0.15, 0.2) is 0 Å². The molecule has 0 bridgehead atoms. The molecule has 0 radical (unpaired) electrons. The molecule has 2 atom stereocenters. The van der Waals surface area contributed by atoms with Crippen LogP contribution in [0.1, 0.15) is 168 Å². The molecule has 7 heteroatoms. The van der Waals surface area contributed by atoms with Crippen LogP contribution in [0, 0.1) is 0 Å². The number of ether oxygens (including phenoxy) is 2. The Bertz CT molecular complexity index is 578. The van der Waals surface area contributed by atoms with Crippen LogP contribution in [0.5, 0.6) is 0 Å². The van der Waals surface area contributed by atoms with Gasteiger partial charge in [0.1, 0.15) is 6.10 Å². The van der Waals surface area contributed by atoms with Crippen LogP contribution >= 0.6 is 7.60 Å². The zero-order chi connectivity index (χ0) is 31.0. The fourth-order valence-electron chi connectivity index (χ4n) is 5.19. The lowest BCUT2D eigenvalue weighted by molar-refractivity contribution is -0.0403. The topological polar surface area (TPSA) is 68.2 Å². The van der Waals surface area contributed by atoms with Gasteiger partial charge in [-0.15, -0.1) is 0 Å². The molecule has 0 saturated carbocycles. The van der Waals surface area contributed by atoms with Gasteiger partial charge in [0.05, 0.1) is 19.4 Å². The third kappa shape index (κ3) is 32.9. The van der Waals surface area contributed by atoms with Gasteiger partial charge in [-0.1, -0.05) is 155 Å². The molecule has 254 valence electrons. The third-order valence-corrected chi connectivity index (χ3v) is 9.41. The van der Waals surface area contributed by atoms with E-state index < -0.39 is 7.60 Å². The first-order chi connectivity index (χ1) is 20.4. The summed E-state index contributed by atoms with van der Waals surface area (Å²) in [5.74, 6) is 0. The number of hydrogen-bond acceptors (Lipinski definition) is 5. The van der Waals surface area contributed by atoms with Crippen LogP contribution in [-0.2, 0) is 18.6 Å². The van der Waals surface area contributed by atoms with Crippen LogP contribution in [0.15, 0.2) is 0 Å². The Morgan fingerprint density at radius 2 is 0.952 bits per heavy atom. The van der Waals surface area contributed by atoms with Crippen LogP contribution < -0.4 is 0 Å². The third-order valence-electron chi connectivity index (χ3n) is 8.09. The summed E-state index contributed by atoms with van der Waals surface area (Å²) in [7, 11) is 0.163. The van der Waals surface area contributed by atoms with Crippen molar-refractivity contribution in [2.45, 2.75) is 174 Å². The molecule has 0 aliphatic heterocycles. The second-order valence-corrected chi connectivity index (χ2v) is 14.8. The highest BCUT2D eigenvalue weighted by atomic mass is 31.2. The van der Waals surface area contributed by atoms with E-state index in [-0.39, 0.29) is 18.9 Å². The number of rotatable bonds is 35. The molecule has 0 aliphatic rings. The predicted molar refractivity (Wildman–Crippen MR) is 182 cm³/mol. The fraction of sp³-hybridized carbons (Fsp3) is 1.00. The number of hydrogen-bond donors (Lipinski definition) is 1. The van der Waals surface area contributed by atoms with Crippen LogP contribution in [0.3, 0.4) is 0 Å². The monoisotopic (exact) mass is 620 g/mol. The van der Waals surface area contributed by atoms with Gasteiger partial charge in [-0.05, 0) is 26.9 Å². The summed E-state index contributed by atoms with van der Waals surface area (Å²) in [6, 6.07) is 0. The summed E-state index contributed by atoms with van der Waals surface area (Å²) in [5.41, 5.74) is 0. The van der Waals surface area contributed by atoms with Crippen LogP contribution in [0.4, 0.5) is 0 Å². The summed E-state index contributed by atoms with van der Waals surface area (Å²) in [5, 5.41) is 0. The highest BCUT2D eigenvalue weighted by Crippen LogP contribution is 2.41. The minimum absolute atomic E-state index is 0.109. The Hall–Kier alpha value is 0.0300. The van der Waals surface area contributed by atoms with E-state index >= 15 is 0 Å². The smallest absolute Gasteiger partial charge is 0.329 e. The molecule has 42 heavy (non-hydrogen) atoms. The molecule has 0 aromatic rings. The number of unbranched alkanes of at least 4 members (excludes halogenated alkanes) is 22. The lowest BCUT2D eigenvalue weighted by atomic mass is 10.1. The Morgan fingerprint density at radius 1 is 0.571 bits per heavy atom. The minimum Gasteiger partial charge on any atom is -0.379 e. The molecule has 0 rings (SSSR count). The molecule has 0 fully saturated rings. The summed E-state index contributed by atoms with van der Waals surface area (Å²) in [4.78, 5) is 12.1. The van der Waals surface area contributed by atoms with E-state index in [0.29, 0.717) is 26.4 Å². The Balaban J connectivity index is 4.01. The maximum Gasteiger partial charge on any atom is 0.329 e. The van der Waals surface area contributed by atoms with Gasteiger partial charge in [-0.3, -0.25) is 4.57 Å². The van der Waals surface area contributed by atoms with Gasteiger partial charge in [0, 0.05) is 19.8 Å². The molecule has 6 nitrogen and oxygen atoms in total. The average Bonchev–Trinajstić information content (AvgIpc) is 2.97. The summed E-state index contributed by atoms with van der Waals surface area (Å²) < 4.78 is 29.9. The Labute approximate surface area is 263 Å². The van der Waals surface area contributed by atoms with Gasteiger partial charge >= 0.3 is 7.60 Å². The molecule has 0 aromatic carbocycles. The summed E-state index contributed by atoms with van der Waals surface area (Å²) in [6.07, 6.45) is 31.5. The van der Waals surface area contributed by atoms with Crippen molar-refractivity contribution in [3.05, 3.63) is 0 Å². The zero-order valence-corrected chi connectivity index (χ0v) is 29.7. The Morgan fingerprint density at radius 3 is 1.36 bits per heavy atom. The molecule has 1 N–H and O–H groups in total. The lowest BCUT2D eigenvalue weighted by Gasteiger charge is -2.21. The first kappa shape index (κ1) is 42.0. The van der Waals surface area contributed by atoms with Gasteiger partial charge in [-0.2, -0.15) is 0 Å². The molecular formula is C35H74NO5P. The van der Waals surface area contributed by atoms with E-state index in [9.17, 15) is 9.46 Å². The lowest BCUT2D eigenvalue weighted by Crippen LogP contribution is -2.27. The van der Waals surface area contributed by atoms with Gasteiger partial charge in [-0.25, -0.2) is 0 Å². The molecule has 0 heterocycles. The molecular weight excluding hydrogens is 545 g/mol. The van der Waals surface area contributed by atoms with Crippen molar-refractivity contribution in [3.63, 3.8) is 0 Å². The van der Waals surface area contributed by atoms with Crippen LogP contribution in [0.25, 0.3) is 0 Å². The largest absolute Gasteiger partial charge is 0.379 e. The van der Waals surface area contributed by atoms with Gasteiger partial charge in [0.2, 0.25) is 0 Å². The molecule has 0 aromatic heterocycles. The van der Waals surface area contributed by atoms with Crippen molar-refractivity contribution in [1.82, 2.24) is 4.90 Å². The second-order valence-electron chi connectivity index (χ2n) is 12.8. The van der Waals surface area contributed by atoms with E-state index in [1.807, 2.05) is 19.0 Å². The quantitative estimate of drug-likeness (QED) is 0.0562. The van der Waals surface area contributed by atoms with Crippen molar-refractivity contribution in [3.8, 4) is 0 Å². The van der Waals surface area contributed by atoms with Gasteiger partial charge < -0.3 is 23.8 Å². The molecule has 0 spiro atoms. The SMILES string of the molecule is CCCCCCCCCCCCCCOC[C@H](COP(=O)(O)CCN(C)C)OCCCCCCCCCCCCCC. The minimum atomic E-state index is -3.62. The van der Waals surface area contributed by atoms with E-state index in [0.717, 1.165) is 12.8 Å². The zero-order valence-electron chi connectivity index (χ0n) is 28.8. The first-order valence-corrected chi connectivity index (χ1v) is 20.0. The Kier molecular flexibility index (Phi) is 32.4. The van der Waals surface area contributed by atoms with E-state index in [1.54, 1.807) is 0 Å². The molecule has 0 aliphatic carbocycles. The summed E-state index contributed by atoms with van der Waals surface area (Å²) in [6.45, 7) is 6.97. The highest BCUT2D eigenvalue weighted by Gasteiger charge is 2.22. The van der Waals surface area contributed by atoms with Crippen molar-refractivity contribution < 1.29 is 23.5 Å². The van der Waals surface area contributed by atoms with Crippen molar-refractivity contribution >= 4 is 7.60 Å². The predicted octanol–water partition coefficient (Wildman–Crippen LogP) is 10.6. The second kappa shape index (κ2) is 32.4. The average molecular weight is 620 g/mol. The van der Waals surface area contributed by atoms with E-state index in [2.05, 4.69) is 13.8 Å². The van der Waals surface area contributed by atoms with E-state index in [1.165, 1.54) is 141 Å². The van der Waals surface area contributed by atoms with Crippen molar-refractivity contribution in [1.29, 1.82) is 0 Å². The van der Waals surface area contributed by atoms with Crippen molar-refractivity contribution in [2.75, 3.05) is 53.2 Å². The standard InChI is InChI=1S/C35H74NO5P/c1-5-7-9-11-13-15-17-19-21-23-25-27-30-39-33-35(34-41-42(37,38)32-29-36(3)4)40-31-28-26-24-22-20-18-16-14-12-10-8-6-2/h35H,5-34H2,1-4H3,(H,37,38)/t35-/m1/s1. The number of nitrogens with zero attached hydrogens (tertiary/aromatic N) is 1. The van der Waals surface area contributed by atoms with Crippen LogP contribution in [-0.4, -0.2) is 69.1 Å². The first-order valence-electron chi connectivity index (χ1n) is 18.2. The normalized spacial score (nSPS) is 14.0. The highest BCUT2D eigenvalue weighted by molar-refractivity contribution is 7.52. The molecule has 1 unspecified atom stereocenters. The fourth-order valence-corrected chi connectivity index (χ4v) is 6.37. The van der Waals surface area contributed by atoms with Gasteiger partial charge in [0.25, 0.3) is 0 Å². The van der Waals surface area contributed by atoms with E-state index in [4.69, 9.17) is 14.0 Å². The maximum absolute atomic E-state index is 12.4. The maximum atomic E-state index is 12.4. The van der Waals surface area contributed by atoms with Crippen molar-refractivity contribution in [2.24, 2.45) is 0 Å². The molecule has 0 saturated heterocycles.